The summed E-state index contributed by atoms with van der Waals surface area (Å²) in [6.45, 7) is 1.15. The number of benzene rings is 1. The molecule has 1 atom stereocenters. The lowest BCUT2D eigenvalue weighted by atomic mass is 10.1. The Bertz CT molecular complexity index is 1090. The molecule has 1 aromatic carbocycles. The fourth-order valence-corrected chi connectivity index (χ4v) is 4.23. The van der Waals surface area contributed by atoms with Crippen LogP contribution in [0.2, 0.25) is 0 Å². The quantitative estimate of drug-likeness (QED) is 0.552. The Morgan fingerprint density at radius 1 is 1.23 bits per heavy atom. The Morgan fingerprint density at radius 3 is 2.71 bits per heavy atom. The summed E-state index contributed by atoms with van der Waals surface area (Å²) < 4.78 is 28.6. The smallest absolute Gasteiger partial charge is 0.323 e. The van der Waals surface area contributed by atoms with Crippen molar-refractivity contribution in [3.63, 3.8) is 0 Å². The number of thiazole rings is 1. The number of rotatable bonds is 5. The van der Waals surface area contributed by atoms with Crippen molar-refractivity contribution in [2.75, 3.05) is 43.0 Å². The molecule has 4 rings (SSSR count). The molecule has 2 aromatic heterocycles. The normalized spacial score (nSPS) is 15.4. The molecule has 0 saturated carbocycles. The highest BCUT2D eigenvalue weighted by atomic mass is 32.1. The number of aliphatic hydroxyl groups is 2. The average Bonchev–Trinajstić information content (AvgIpc) is 3.15. The topological polar surface area (TPSA) is 102 Å². The standard InChI is InChI=1S/C20H21F2N5O3S/c21-13-1-2-17-16(9-13)24-19(31-17)25-20(30)27-5-3-26(4-6-27)18-15(22)8-12(10-23-18)7-14(29)11-28/h1-2,8-10,14,28-29H,3-7,11H2,(H,24,25,30). The first kappa shape index (κ1) is 21.3. The van der Waals surface area contributed by atoms with Crippen LogP contribution < -0.4 is 10.2 Å². The molecule has 3 heterocycles. The van der Waals surface area contributed by atoms with Gasteiger partial charge < -0.3 is 20.0 Å². The van der Waals surface area contributed by atoms with Crippen molar-refractivity contribution in [2.24, 2.45) is 0 Å². The lowest BCUT2D eigenvalue weighted by Gasteiger charge is -2.35. The average molecular weight is 449 g/mol. The van der Waals surface area contributed by atoms with Crippen molar-refractivity contribution >= 4 is 38.5 Å². The summed E-state index contributed by atoms with van der Waals surface area (Å²) >= 11 is 1.26. The molecule has 0 radical (unpaired) electrons. The number of piperazine rings is 1. The van der Waals surface area contributed by atoms with Crippen LogP contribution >= 0.6 is 11.3 Å². The van der Waals surface area contributed by atoms with Crippen molar-refractivity contribution in [1.29, 1.82) is 0 Å². The number of carbonyl (C=O) groups is 1. The van der Waals surface area contributed by atoms with Gasteiger partial charge in [0.25, 0.3) is 0 Å². The second-order valence-electron chi connectivity index (χ2n) is 7.22. The molecule has 2 amide bonds. The van der Waals surface area contributed by atoms with Gasteiger partial charge in [0.1, 0.15) is 5.82 Å². The molecular formula is C20H21F2N5O3S. The second kappa shape index (κ2) is 9.08. The highest BCUT2D eigenvalue weighted by Crippen LogP contribution is 2.27. The molecule has 3 aromatic rings. The number of fused-ring (bicyclic) bond motifs is 1. The molecule has 31 heavy (non-hydrogen) atoms. The number of aromatic nitrogens is 2. The second-order valence-corrected chi connectivity index (χ2v) is 8.26. The zero-order valence-corrected chi connectivity index (χ0v) is 17.3. The zero-order valence-electron chi connectivity index (χ0n) is 16.5. The Kier molecular flexibility index (Phi) is 6.25. The van der Waals surface area contributed by atoms with E-state index in [4.69, 9.17) is 5.11 Å². The van der Waals surface area contributed by atoms with Gasteiger partial charge in [-0.05, 0) is 23.8 Å². The number of hydrogen-bond acceptors (Lipinski definition) is 7. The fourth-order valence-electron chi connectivity index (χ4n) is 3.40. The Hall–Kier alpha value is -2.89. The molecule has 0 bridgehead atoms. The van der Waals surface area contributed by atoms with Crippen molar-refractivity contribution in [3.8, 4) is 0 Å². The molecule has 1 unspecified atom stereocenters. The molecule has 0 aliphatic carbocycles. The number of carbonyl (C=O) groups excluding carboxylic acids is 1. The van der Waals surface area contributed by atoms with E-state index in [-0.39, 0.29) is 24.1 Å². The number of nitrogens with zero attached hydrogens (tertiary/aromatic N) is 4. The molecule has 164 valence electrons. The number of urea groups is 1. The van der Waals surface area contributed by atoms with E-state index < -0.39 is 18.5 Å². The van der Waals surface area contributed by atoms with E-state index in [9.17, 15) is 18.7 Å². The van der Waals surface area contributed by atoms with Gasteiger partial charge in [-0.25, -0.2) is 23.5 Å². The van der Waals surface area contributed by atoms with Gasteiger partial charge in [0.05, 0.1) is 22.9 Å². The van der Waals surface area contributed by atoms with Crippen LogP contribution in [0.4, 0.5) is 24.5 Å². The first-order chi connectivity index (χ1) is 14.9. The van der Waals surface area contributed by atoms with Crippen molar-refractivity contribution in [3.05, 3.63) is 47.7 Å². The van der Waals surface area contributed by atoms with Crippen LogP contribution in [-0.4, -0.2) is 70.0 Å². The number of pyridine rings is 1. The van der Waals surface area contributed by atoms with Crippen LogP contribution in [-0.2, 0) is 6.42 Å². The largest absolute Gasteiger partial charge is 0.394 e. The van der Waals surface area contributed by atoms with Gasteiger partial charge in [-0.1, -0.05) is 11.3 Å². The molecule has 0 spiro atoms. The van der Waals surface area contributed by atoms with Gasteiger partial charge in [0, 0.05) is 44.9 Å². The van der Waals surface area contributed by atoms with Crippen molar-refractivity contribution in [1.82, 2.24) is 14.9 Å². The highest BCUT2D eigenvalue weighted by molar-refractivity contribution is 7.22. The highest BCUT2D eigenvalue weighted by Gasteiger charge is 2.24. The van der Waals surface area contributed by atoms with E-state index in [0.717, 1.165) is 4.70 Å². The van der Waals surface area contributed by atoms with Crippen LogP contribution in [0.15, 0.2) is 30.5 Å². The summed E-state index contributed by atoms with van der Waals surface area (Å²) in [4.78, 5) is 24.3. The van der Waals surface area contributed by atoms with E-state index in [1.165, 1.54) is 35.7 Å². The molecule has 1 fully saturated rings. The van der Waals surface area contributed by atoms with Crippen molar-refractivity contribution in [2.45, 2.75) is 12.5 Å². The summed E-state index contributed by atoms with van der Waals surface area (Å²) in [5.74, 6) is -0.706. The van der Waals surface area contributed by atoms with E-state index in [0.29, 0.717) is 42.4 Å². The number of nitrogens with one attached hydrogen (secondary N) is 1. The SMILES string of the molecule is O=C(Nc1nc2cc(F)ccc2s1)N1CCN(c2ncc(CC(O)CO)cc2F)CC1. The van der Waals surface area contributed by atoms with Crippen LogP contribution in [0.5, 0.6) is 0 Å². The fraction of sp³-hybridized carbons (Fsp3) is 0.350. The van der Waals surface area contributed by atoms with Crippen LogP contribution in [0.1, 0.15) is 5.56 Å². The minimum Gasteiger partial charge on any atom is -0.394 e. The van der Waals surface area contributed by atoms with Crippen molar-refractivity contribution < 1.29 is 23.8 Å². The van der Waals surface area contributed by atoms with Gasteiger partial charge in [0.2, 0.25) is 0 Å². The molecule has 8 nitrogen and oxygen atoms in total. The van der Waals surface area contributed by atoms with E-state index in [1.54, 1.807) is 15.9 Å². The zero-order chi connectivity index (χ0) is 22.0. The van der Waals surface area contributed by atoms with Gasteiger partial charge in [0.15, 0.2) is 16.8 Å². The molecule has 3 N–H and O–H groups in total. The maximum absolute atomic E-state index is 14.5. The van der Waals surface area contributed by atoms with E-state index >= 15 is 0 Å². The number of amides is 2. The third kappa shape index (κ3) is 4.89. The summed E-state index contributed by atoms with van der Waals surface area (Å²) in [5, 5.41) is 21.5. The number of hydrogen-bond donors (Lipinski definition) is 3. The first-order valence-electron chi connectivity index (χ1n) is 9.73. The van der Waals surface area contributed by atoms with Gasteiger partial charge in [-0.2, -0.15) is 0 Å². The number of aliphatic hydroxyl groups excluding tert-OH is 2. The monoisotopic (exact) mass is 449 g/mol. The predicted molar refractivity (Wildman–Crippen MR) is 113 cm³/mol. The van der Waals surface area contributed by atoms with Gasteiger partial charge in [-0.3, -0.25) is 5.32 Å². The summed E-state index contributed by atoms with van der Waals surface area (Å²) in [7, 11) is 0. The molecule has 1 aliphatic heterocycles. The number of halogens is 2. The lowest BCUT2D eigenvalue weighted by molar-refractivity contribution is 0.0954. The van der Waals surface area contributed by atoms with Crippen LogP contribution in [0, 0.1) is 11.6 Å². The van der Waals surface area contributed by atoms with E-state index in [1.807, 2.05) is 0 Å². The first-order valence-corrected chi connectivity index (χ1v) is 10.5. The Labute approximate surface area is 180 Å². The minimum absolute atomic E-state index is 0.118. The third-order valence-electron chi connectivity index (χ3n) is 4.99. The maximum atomic E-state index is 14.5. The minimum atomic E-state index is -0.955. The summed E-state index contributed by atoms with van der Waals surface area (Å²) in [5.41, 5.74) is 0.984. The van der Waals surface area contributed by atoms with E-state index in [2.05, 4.69) is 15.3 Å². The van der Waals surface area contributed by atoms with Gasteiger partial charge >= 0.3 is 6.03 Å². The molecule has 1 saturated heterocycles. The molecule has 11 heteroatoms. The number of anilines is 2. The third-order valence-corrected chi connectivity index (χ3v) is 5.94. The summed E-state index contributed by atoms with van der Waals surface area (Å²) in [6.07, 6.45) is 0.642. The Balaban J connectivity index is 1.35. The molecule has 1 aliphatic rings. The summed E-state index contributed by atoms with van der Waals surface area (Å²) in [6, 6.07) is 5.27. The lowest BCUT2D eigenvalue weighted by Crippen LogP contribution is -2.50. The molecular weight excluding hydrogens is 428 g/mol. The Morgan fingerprint density at radius 2 is 2.00 bits per heavy atom. The van der Waals surface area contributed by atoms with Crippen LogP contribution in [0.3, 0.4) is 0 Å². The van der Waals surface area contributed by atoms with Gasteiger partial charge in [-0.15, -0.1) is 0 Å². The maximum Gasteiger partial charge on any atom is 0.323 e. The predicted octanol–water partition coefficient (Wildman–Crippen LogP) is 2.22. The van der Waals surface area contributed by atoms with Crippen LogP contribution in [0.25, 0.3) is 10.2 Å².